The summed E-state index contributed by atoms with van der Waals surface area (Å²) in [5.41, 5.74) is 5.14. The molecule has 0 spiro atoms. The Balaban J connectivity index is -0.000000320. The van der Waals surface area contributed by atoms with Crippen LogP contribution in [0, 0.1) is 0 Å². The van der Waals surface area contributed by atoms with Gasteiger partial charge in [0.2, 0.25) is 0 Å². The quantitative estimate of drug-likeness (QED) is 0.430. The number of likely N-dealkylation sites (N-methyl/N-ethyl adjacent to an activating group) is 1. The molecule has 1 amide bonds. The predicted molar refractivity (Wildman–Crippen MR) is 35.4 cm³/mol. The second kappa shape index (κ2) is 7.34. The summed E-state index contributed by atoms with van der Waals surface area (Å²) in [6.45, 7) is 3.10. The molecule has 0 saturated heterocycles. The van der Waals surface area contributed by atoms with Crippen LogP contribution < -0.4 is 35.3 Å². The second-order valence-electron chi connectivity index (χ2n) is 1.65. The minimum absolute atomic E-state index is 0. The number of carbonyl (C=O) groups is 1. The fourth-order valence-corrected chi connectivity index (χ4v) is 0.545. The molecule has 0 bridgehead atoms. The smallest absolute Gasteiger partial charge is 1.00 e. The first-order chi connectivity index (χ1) is 4.22. The Labute approximate surface area is 84.2 Å². The molecular formula is C5H13N2NaO2. The number of nitrogens with zero attached hydrogens (tertiary/aromatic N) is 1. The molecule has 0 aromatic heterocycles. The first-order valence-corrected chi connectivity index (χ1v) is 2.90. The molecule has 0 aliphatic carbocycles. The summed E-state index contributed by atoms with van der Waals surface area (Å²) in [6.07, 6.45) is -0.900. The van der Waals surface area contributed by atoms with Gasteiger partial charge in [-0.1, -0.05) is 0 Å². The standard InChI is InChI=1S/C5H12N2O2.Na.H/c1-2-7(4-3-6)5(8)9;;/h2-4,6H2,1H3,(H,8,9);;/q;+1;-1. The van der Waals surface area contributed by atoms with Crippen molar-refractivity contribution in [3.05, 3.63) is 0 Å². The molecule has 0 aromatic carbocycles. The Morgan fingerprint density at radius 2 is 2.30 bits per heavy atom. The summed E-state index contributed by atoms with van der Waals surface area (Å²) in [7, 11) is 0. The van der Waals surface area contributed by atoms with Gasteiger partial charge in [-0.15, -0.1) is 0 Å². The summed E-state index contributed by atoms with van der Waals surface area (Å²) in [4.78, 5) is 11.5. The number of carboxylic acid groups (broad SMARTS) is 1. The number of hydrogen-bond donors (Lipinski definition) is 2. The van der Waals surface area contributed by atoms with Crippen LogP contribution in [-0.4, -0.2) is 35.7 Å². The van der Waals surface area contributed by atoms with E-state index < -0.39 is 6.09 Å². The van der Waals surface area contributed by atoms with Gasteiger partial charge in [0.05, 0.1) is 0 Å². The van der Waals surface area contributed by atoms with Crippen LogP contribution in [0.4, 0.5) is 4.79 Å². The Morgan fingerprint density at radius 3 is 2.40 bits per heavy atom. The van der Waals surface area contributed by atoms with Crippen molar-refractivity contribution in [3.8, 4) is 0 Å². The predicted octanol–water partition coefficient (Wildman–Crippen LogP) is -2.94. The molecule has 0 radical (unpaired) electrons. The first kappa shape index (κ1) is 12.9. The number of rotatable bonds is 3. The van der Waals surface area contributed by atoms with E-state index in [2.05, 4.69) is 0 Å². The van der Waals surface area contributed by atoms with Gasteiger partial charge in [-0.25, -0.2) is 4.79 Å². The van der Waals surface area contributed by atoms with Crippen LogP contribution in [-0.2, 0) is 0 Å². The van der Waals surface area contributed by atoms with Crippen LogP contribution in [0.15, 0.2) is 0 Å². The van der Waals surface area contributed by atoms with Crippen molar-refractivity contribution in [1.29, 1.82) is 0 Å². The molecule has 5 heteroatoms. The van der Waals surface area contributed by atoms with E-state index in [0.29, 0.717) is 19.6 Å². The number of nitrogens with two attached hydrogens (primary N) is 1. The molecule has 0 aliphatic heterocycles. The summed E-state index contributed by atoms with van der Waals surface area (Å²) < 4.78 is 0. The van der Waals surface area contributed by atoms with E-state index >= 15 is 0 Å². The molecule has 0 heterocycles. The third-order valence-electron chi connectivity index (χ3n) is 1.05. The molecular weight excluding hydrogens is 143 g/mol. The van der Waals surface area contributed by atoms with Crippen molar-refractivity contribution in [1.82, 2.24) is 4.90 Å². The fourth-order valence-electron chi connectivity index (χ4n) is 0.545. The zero-order valence-corrected chi connectivity index (χ0v) is 8.50. The Kier molecular flexibility index (Phi) is 9.44. The van der Waals surface area contributed by atoms with Gasteiger partial charge >= 0.3 is 35.7 Å². The van der Waals surface area contributed by atoms with E-state index in [0.717, 1.165) is 0 Å². The fraction of sp³-hybridized carbons (Fsp3) is 0.800. The van der Waals surface area contributed by atoms with Crippen molar-refractivity contribution in [3.63, 3.8) is 0 Å². The van der Waals surface area contributed by atoms with Gasteiger partial charge in [0.15, 0.2) is 0 Å². The molecule has 0 unspecified atom stereocenters. The van der Waals surface area contributed by atoms with Crippen molar-refractivity contribution >= 4 is 6.09 Å². The monoisotopic (exact) mass is 156 g/mol. The van der Waals surface area contributed by atoms with Gasteiger partial charge in [-0.05, 0) is 6.92 Å². The van der Waals surface area contributed by atoms with Crippen molar-refractivity contribution < 1.29 is 40.9 Å². The molecule has 0 saturated carbocycles. The molecule has 0 fully saturated rings. The van der Waals surface area contributed by atoms with E-state index in [1.807, 2.05) is 0 Å². The summed E-state index contributed by atoms with van der Waals surface area (Å²) in [5, 5.41) is 8.37. The summed E-state index contributed by atoms with van der Waals surface area (Å²) in [6, 6.07) is 0. The molecule has 0 rings (SSSR count). The summed E-state index contributed by atoms with van der Waals surface area (Å²) in [5.74, 6) is 0. The van der Waals surface area contributed by atoms with Crippen molar-refractivity contribution in [2.24, 2.45) is 5.73 Å². The third kappa shape index (κ3) is 5.05. The Hall–Kier alpha value is 0.230. The zero-order chi connectivity index (χ0) is 7.28. The van der Waals surface area contributed by atoms with E-state index in [1.165, 1.54) is 4.90 Å². The maximum Gasteiger partial charge on any atom is 1.00 e. The van der Waals surface area contributed by atoms with Crippen molar-refractivity contribution in [2.75, 3.05) is 19.6 Å². The Bertz CT molecular complexity index is 104. The normalized spacial score (nSPS) is 8.20. The average molecular weight is 156 g/mol. The van der Waals surface area contributed by atoms with E-state index in [1.54, 1.807) is 6.92 Å². The van der Waals surface area contributed by atoms with Gasteiger partial charge in [0.25, 0.3) is 0 Å². The minimum Gasteiger partial charge on any atom is -1.00 e. The van der Waals surface area contributed by atoms with E-state index in [-0.39, 0.29) is 31.0 Å². The molecule has 0 aliphatic rings. The molecule has 4 nitrogen and oxygen atoms in total. The van der Waals surface area contributed by atoms with Crippen LogP contribution in [0.25, 0.3) is 0 Å². The van der Waals surface area contributed by atoms with E-state index in [9.17, 15) is 4.79 Å². The van der Waals surface area contributed by atoms with E-state index in [4.69, 9.17) is 10.8 Å². The van der Waals surface area contributed by atoms with Gasteiger partial charge in [0.1, 0.15) is 0 Å². The minimum atomic E-state index is -0.900. The van der Waals surface area contributed by atoms with Crippen LogP contribution in [0.2, 0.25) is 0 Å². The molecule has 0 atom stereocenters. The maximum absolute atomic E-state index is 10.2. The first-order valence-electron chi connectivity index (χ1n) is 2.90. The van der Waals surface area contributed by atoms with Gasteiger partial charge in [-0.3, -0.25) is 0 Å². The van der Waals surface area contributed by atoms with Gasteiger partial charge in [-0.2, -0.15) is 0 Å². The van der Waals surface area contributed by atoms with Crippen molar-refractivity contribution in [2.45, 2.75) is 6.92 Å². The maximum atomic E-state index is 10.2. The third-order valence-corrected chi connectivity index (χ3v) is 1.05. The zero-order valence-electron chi connectivity index (χ0n) is 7.50. The van der Waals surface area contributed by atoms with Crippen LogP contribution in [0.1, 0.15) is 8.35 Å². The summed E-state index contributed by atoms with van der Waals surface area (Å²) >= 11 is 0. The molecule has 10 heavy (non-hydrogen) atoms. The molecule has 3 N–H and O–H groups in total. The van der Waals surface area contributed by atoms with Crippen LogP contribution in [0.5, 0.6) is 0 Å². The largest absolute Gasteiger partial charge is 1.00 e. The SMILES string of the molecule is CCN(CCN)C(=O)O.[H-].[Na+]. The molecule has 56 valence electrons. The van der Waals surface area contributed by atoms with Gasteiger partial charge in [0, 0.05) is 19.6 Å². The average Bonchev–Trinajstić information content (AvgIpc) is 1.82. The van der Waals surface area contributed by atoms with Gasteiger partial charge < -0.3 is 17.2 Å². The Morgan fingerprint density at radius 1 is 1.80 bits per heavy atom. The van der Waals surface area contributed by atoms with Crippen LogP contribution >= 0.6 is 0 Å². The number of amides is 1. The number of hydrogen-bond acceptors (Lipinski definition) is 2. The second-order valence-corrected chi connectivity index (χ2v) is 1.65. The molecule has 0 aromatic rings. The van der Waals surface area contributed by atoms with Crippen LogP contribution in [0.3, 0.4) is 0 Å². The topological polar surface area (TPSA) is 66.6 Å².